The summed E-state index contributed by atoms with van der Waals surface area (Å²) in [6.45, 7) is 1.40. The van der Waals surface area contributed by atoms with E-state index in [0.717, 1.165) is 0 Å². The third kappa shape index (κ3) is 2.40. The second kappa shape index (κ2) is 2.80. The van der Waals surface area contributed by atoms with Crippen LogP contribution in [-0.4, -0.2) is 24.8 Å². The van der Waals surface area contributed by atoms with Gasteiger partial charge >= 0.3 is 0 Å². The largest absolute Gasteiger partial charge is 0.386 e. The zero-order chi connectivity index (χ0) is 5.86. The maximum atomic E-state index is 10.1. The summed E-state index contributed by atoms with van der Waals surface area (Å²) in [7, 11) is 4.86. The van der Waals surface area contributed by atoms with Crippen molar-refractivity contribution in [3.63, 3.8) is 0 Å². The molecule has 2 radical (unpaired) electrons. The number of ketones is 1. The summed E-state index contributed by atoms with van der Waals surface area (Å²) in [4.78, 5) is 10.1. The number of Topliss-reactive ketones (excluding diaryl/α,β-unsaturated/α-hetero) is 1. The Bertz CT molecular complexity index is 70.1. The highest BCUT2D eigenvalue weighted by molar-refractivity contribution is 6.20. The number of carbonyl (C=O) groups is 1. The lowest BCUT2D eigenvalue weighted by molar-refractivity contribution is -0.123. The molecule has 0 saturated heterocycles. The fourth-order valence-corrected chi connectivity index (χ4v) is 0.171. The van der Waals surface area contributed by atoms with Gasteiger partial charge in [0.05, 0.1) is 7.85 Å². The van der Waals surface area contributed by atoms with E-state index in [2.05, 4.69) is 0 Å². The normalized spacial score (nSPS) is 13.4. The molecular formula is C4H7BO2. The van der Waals surface area contributed by atoms with E-state index in [1.807, 2.05) is 0 Å². The minimum absolute atomic E-state index is 0.0718. The van der Waals surface area contributed by atoms with Gasteiger partial charge in [-0.15, -0.1) is 0 Å². The fourth-order valence-electron chi connectivity index (χ4n) is 0.171. The quantitative estimate of drug-likeness (QED) is 0.473. The number of carbonyl (C=O) groups excluding carboxylic acids is 1. The lowest BCUT2D eigenvalue weighted by atomic mass is 9.98. The van der Waals surface area contributed by atoms with E-state index < -0.39 is 6.10 Å². The van der Waals surface area contributed by atoms with Gasteiger partial charge in [-0.2, -0.15) is 0 Å². The molecule has 1 N–H and O–H groups in total. The Hall–Kier alpha value is -0.305. The minimum Gasteiger partial charge on any atom is -0.386 e. The summed E-state index contributed by atoms with van der Waals surface area (Å²) in [6.07, 6.45) is -0.970. The van der Waals surface area contributed by atoms with Gasteiger partial charge in [-0.1, -0.05) is 0 Å². The van der Waals surface area contributed by atoms with Gasteiger partial charge in [0.1, 0.15) is 6.10 Å². The number of aliphatic hydroxyl groups excluding tert-OH is 1. The second-order valence-electron chi connectivity index (χ2n) is 1.35. The zero-order valence-corrected chi connectivity index (χ0v) is 4.22. The van der Waals surface area contributed by atoms with Crippen LogP contribution in [0.4, 0.5) is 0 Å². The third-order valence-corrected chi connectivity index (χ3v) is 0.667. The first kappa shape index (κ1) is 6.69. The number of hydrogen-bond donors (Lipinski definition) is 1. The van der Waals surface area contributed by atoms with Gasteiger partial charge in [0, 0.05) is 0 Å². The highest BCUT2D eigenvalue weighted by atomic mass is 16.3. The van der Waals surface area contributed by atoms with Crippen molar-refractivity contribution in [1.29, 1.82) is 0 Å². The predicted octanol–water partition coefficient (Wildman–Crippen LogP) is -0.477. The van der Waals surface area contributed by atoms with Crippen molar-refractivity contribution in [2.24, 2.45) is 0 Å². The van der Waals surface area contributed by atoms with Gasteiger partial charge in [0.2, 0.25) is 0 Å². The van der Waals surface area contributed by atoms with Crippen molar-refractivity contribution < 1.29 is 9.90 Å². The third-order valence-electron chi connectivity index (χ3n) is 0.667. The predicted molar refractivity (Wildman–Crippen MR) is 27.2 cm³/mol. The van der Waals surface area contributed by atoms with Crippen molar-refractivity contribution in [3.05, 3.63) is 0 Å². The second-order valence-corrected chi connectivity index (χ2v) is 1.35. The SMILES string of the molecule is [B]CC(=O)C(C)O. The van der Waals surface area contributed by atoms with Crippen LogP contribution in [0.2, 0.25) is 6.32 Å². The van der Waals surface area contributed by atoms with E-state index in [4.69, 9.17) is 13.0 Å². The van der Waals surface area contributed by atoms with Gasteiger partial charge < -0.3 is 5.11 Å². The molecule has 0 saturated carbocycles. The molecule has 0 aliphatic carbocycles. The van der Waals surface area contributed by atoms with Crippen LogP contribution in [0.15, 0.2) is 0 Å². The lowest BCUT2D eigenvalue weighted by Gasteiger charge is -1.95. The Balaban J connectivity index is 3.35. The lowest BCUT2D eigenvalue weighted by Crippen LogP contribution is -2.14. The Morgan fingerprint density at radius 1 is 2.00 bits per heavy atom. The summed E-state index contributed by atoms with van der Waals surface area (Å²) >= 11 is 0. The Kier molecular flexibility index (Phi) is 2.68. The molecule has 1 atom stereocenters. The summed E-state index contributed by atoms with van der Waals surface area (Å²) in [5.41, 5.74) is 0. The van der Waals surface area contributed by atoms with Gasteiger partial charge in [0.25, 0.3) is 0 Å². The first-order chi connectivity index (χ1) is 3.18. The molecule has 0 aliphatic rings. The number of rotatable bonds is 2. The Morgan fingerprint density at radius 3 is 2.43 bits per heavy atom. The average molecular weight is 97.9 g/mol. The highest BCUT2D eigenvalue weighted by Crippen LogP contribution is 1.84. The van der Waals surface area contributed by atoms with Crippen LogP contribution in [-0.2, 0) is 4.79 Å². The monoisotopic (exact) mass is 98.1 g/mol. The van der Waals surface area contributed by atoms with Gasteiger partial charge in [-0.25, -0.2) is 0 Å². The maximum Gasteiger partial charge on any atom is 0.152 e. The molecule has 0 heterocycles. The average Bonchev–Trinajstić information content (AvgIpc) is 1.65. The zero-order valence-electron chi connectivity index (χ0n) is 4.22. The van der Waals surface area contributed by atoms with Gasteiger partial charge in [0.15, 0.2) is 5.78 Å². The number of hydrogen-bond acceptors (Lipinski definition) is 2. The molecule has 1 unspecified atom stereocenters. The summed E-state index contributed by atoms with van der Waals surface area (Å²) in [6, 6.07) is 0. The van der Waals surface area contributed by atoms with Crippen LogP contribution in [0.5, 0.6) is 0 Å². The molecule has 0 spiro atoms. The molecule has 0 fully saturated rings. The smallest absolute Gasteiger partial charge is 0.152 e. The van der Waals surface area contributed by atoms with Crippen LogP contribution in [0.1, 0.15) is 6.92 Å². The summed E-state index contributed by atoms with van der Waals surface area (Å²) in [5.74, 6) is -0.319. The van der Waals surface area contributed by atoms with Crippen LogP contribution in [0.3, 0.4) is 0 Å². The fraction of sp³-hybridized carbons (Fsp3) is 0.750. The molecule has 2 nitrogen and oxygen atoms in total. The van der Waals surface area contributed by atoms with Crippen molar-refractivity contribution in [1.82, 2.24) is 0 Å². The van der Waals surface area contributed by atoms with Gasteiger partial charge in [-0.3, -0.25) is 4.79 Å². The molecule has 0 amide bonds. The van der Waals surface area contributed by atoms with E-state index in [0.29, 0.717) is 0 Å². The standard InChI is InChI=1S/C4H7BO2/c1-3(6)4(7)2-5/h3,6H,2H2,1H3. The first-order valence-corrected chi connectivity index (χ1v) is 2.09. The Labute approximate surface area is 43.9 Å². The van der Waals surface area contributed by atoms with Gasteiger partial charge in [-0.05, 0) is 13.2 Å². The van der Waals surface area contributed by atoms with Crippen molar-refractivity contribution in [2.45, 2.75) is 19.3 Å². The van der Waals surface area contributed by atoms with E-state index >= 15 is 0 Å². The van der Waals surface area contributed by atoms with Crippen LogP contribution < -0.4 is 0 Å². The summed E-state index contributed by atoms with van der Waals surface area (Å²) < 4.78 is 0. The molecule has 38 valence electrons. The molecular weight excluding hydrogens is 90.9 g/mol. The van der Waals surface area contributed by atoms with E-state index in [9.17, 15) is 4.79 Å². The minimum atomic E-state index is -0.898. The molecule has 0 bridgehead atoms. The molecule has 0 aromatic carbocycles. The van der Waals surface area contributed by atoms with Crippen LogP contribution in [0.25, 0.3) is 0 Å². The van der Waals surface area contributed by atoms with E-state index in [1.54, 1.807) is 0 Å². The summed E-state index contributed by atoms with van der Waals surface area (Å²) in [5, 5.41) is 8.39. The molecule has 0 rings (SSSR count). The highest BCUT2D eigenvalue weighted by Gasteiger charge is 2.02. The topological polar surface area (TPSA) is 37.3 Å². The Morgan fingerprint density at radius 2 is 2.43 bits per heavy atom. The molecule has 0 aliphatic heterocycles. The van der Waals surface area contributed by atoms with Crippen LogP contribution in [0, 0.1) is 0 Å². The van der Waals surface area contributed by atoms with E-state index in [-0.39, 0.29) is 12.1 Å². The maximum absolute atomic E-state index is 10.1. The molecule has 3 heteroatoms. The molecule has 7 heavy (non-hydrogen) atoms. The van der Waals surface area contributed by atoms with Crippen molar-refractivity contribution >= 4 is 13.6 Å². The molecule has 0 aromatic rings. The first-order valence-electron chi connectivity index (χ1n) is 2.09. The van der Waals surface area contributed by atoms with Crippen molar-refractivity contribution in [3.8, 4) is 0 Å². The van der Waals surface area contributed by atoms with Crippen LogP contribution >= 0.6 is 0 Å². The molecule has 0 aromatic heterocycles. The number of aliphatic hydroxyl groups is 1. The van der Waals surface area contributed by atoms with Crippen molar-refractivity contribution in [2.75, 3.05) is 0 Å². The van der Waals surface area contributed by atoms with E-state index in [1.165, 1.54) is 6.92 Å².